The van der Waals surface area contributed by atoms with Gasteiger partial charge in [0.1, 0.15) is 27.6 Å². The summed E-state index contributed by atoms with van der Waals surface area (Å²) in [5.74, 6) is 0.290. The summed E-state index contributed by atoms with van der Waals surface area (Å²) in [6.45, 7) is 9.01. The molecule has 2 aliphatic rings. The van der Waals surface area contributed by atoms with Crippen LogP contribution >= 0.6 is 24.0 Å². The van der Waals surface area contributed by atoms with Crippen LogP contribution in [0.5, 0.6) is 0 Å². The number of carbonyl (C=O) groups is 1. The highest BCUT2D eigenvalue weighted by molar-refractivity contribution is 8.26. The van der Waals surface area contributed by atoms with Crippen LogP contribution in [0.1, 0.15) is 62.6 Å². The first-order chi connectivity index (χ1) is 19.3. The standard InChI is InChI=1S/C30H36FN5O2S2/c1-4-6-7-8-11-14-36-29(38)26(40-30(36)39)19-22-21(3)23(20-32)28(37)35(5-2)27(22)34-17-15-33(16-18-34)25-13-10-9-12-24(25)31/h9-10,12-13,19H,4-8,11,14-18H2,1-3H3/b26-19-. The Labute approximate surface area is 245 Å². The number of amides is 1. The molecule has 4 rings (SSSR count). The van der Waals surface area contributed by atoms with Gasteiger partial charge in [-0.25, -0.2) is 4.39 Å². The van der Waals surface area contributed by atoms with Gasteiger partial charge in [-0.3, -0.25) is 19.1 Å². The summed E-state index contributed by atoms with van der Waals surface area (Å²) in [5, 5.41) is 9.85. The van der Waals surface area contributed by atoms with Crippen molar-refractivity contribution in [3.8, 4) is 6.07 Å². The van der Waals surface area contributed by atoms with Crippen LogP contribution < -0.4 is 15.4 Å². The molecule has 2 aromatic rings. The van der Waals surface area contributed by atoms with Crippen LogP contribution in [0, 0.1) is 24.1 Å². The van der Waals surface area contributed by atoms with Crippen LogP contribution in [0.3, 0.4) is 0 Å². The van der Waals surface area contributed by atoms with Crippen LogP contribution in [-0.4, -0.2) is 52.4 Å². The molecule has 2 aliphatic heterocycles. The van der Waals surface area contributed by atoms with Crippen molar-refractivity contribution in [3.05, 3.63) is 62.0 Å². The second-order valence-corrected chi connectivity index (χ2v) is 11.7. The Morgan fingerprint density at radius 3 is 2.38 bits per heavy atom. The van der Waals surface area contributed by atoms with E-state index in [0.717, 1.165) is 25.7 Å². The molecule has 0 unspecified atom stereocenters. The average molecular weight is 582 g/mol. The third-order valence-electron chi connectivity index (χ3n) is 7.57. The number of hydrogen-bond donors (Lipinski definition) is 0. The van der Waals surface area contributed by atoms with Gasteiger partial charge in [-0.2, -0.15) is 5.26 Å². The van der Waals surface area contributed by atoms with Gasteiger partial charge in [-0.1, -0.05) is 68.7 Å². The highest BCUT2D eigenvalue weighted by Crippen LogP contribution is 2.36. The number of piperazine rings is 1. The van der Waals surface area contributed by atoms with Crippen LogP contribution in [0.15, 0.2) is 34.0 Å². The number of pyridine rings is 1. The predicted molar refractivity (Wildman–Crippen MR) is 165 cm³/mol. The van der Waals surface area contributed by atoms with E-state index in [1.165, 1.54) is 24.2 Å². The fourth-order valence-electron chi connectivity index (χ4n) is 5.34. The van der Waals surface area contributed by atoms with E-state index in [0.29, 0.717) is 71.1 Å². The largest absolute Gasteiger partial charge is 0.366 e. The molecule has 0 saturated carbocycles. The number of rotatable bonds is 10. The lowest BCUT2D eigenvalue weighted by molar-refractivity contribution is -0.122. The fraction of sp³-hybridized carbons (Fsp3) is 0.467. The molecule has 0 atom stereocenters. The highest BCUT2D eigenvalue weighted by Gasteiger charge is 2.33. The average Bonchev–Trinajstić information content (AvgIpc) is 3.22. The van der Waals surface area contributed by atoms with E-state index in [-0.39, 0.29) is 22.8 Å². The van der Waals surface area contributed by atoms with Crippen molar-refractivity contribution in [2.45, 2.75) is 59.4 Å². The predicted octanol–water partition coefficient (Wildman–Crippen LogP) is 5.69. The van der Waals surface area contributed by atoms with Gasteiger partial charge in [0.25, 0.3) is 11.5 Å². The van der Waals surface area contributed by atoms with Crippen LogP contribution in [-0.2, 0) is 11.3 Å². The number of para-hydroxylation sites is 1. The van der Waals surface area contributed by atoms with Crippen LogP contribution in [0.2, 0.25) is 0 Å². The summed E-state index contributed by atoms with van der Waals surface area (Å²) >= 11 is 6.83. The highest BCUT2D eigenvalue weighted by atomic mass is 32.2. The fourth-order valence-corrected chi connectivity index (χ4v) is 6.63. The third kappa shape index (κ3) is 6.11. The van der Waals surface area contributed by atoms with Gasteiger partial charge in [0, 0.05) is 44.8 Å². The molecule has 212 valence electrons. The number of hydrogen-bond acceptors (Lipinski definition) is 7. The summed E-state index contributed by atoms with van der Waals surface area (Å²) < 4.78 is 16.6. The monoisotopic (exact) mass is 581 g/mol. The molecular formula is C30H36FN5O2S2. The van der Waals surface area contributed by atoms with Gasteiger partial charge >= 0.3 is 0 Å². The van der Waals surface area contributed by atoms with Gasteiger partial charge in [-0.05, 0) is 44.0 Å². The zero-order valence-electron chi connectivity index (χ0n) is 23.4. The van der Waals surface area contributed by atoms with Crippen LogP contribution in [0.25, 0.3) is 6.08 Å². The summed E-state index contributed by atoms with van der Waals surface area (Å²) in [6.07, 6.45) is 7.24. The second-order valence-electron chi connectivity index (χ2n) is 10.1. The Hall–Kier alpha value is -3.16. The number of nitriles is 1. The van der Waals surface area contributed by atoms with E-state index >= 15 is 0 Å². The molecule has 0 aliphatic carbocycles. The zero-order chi connectivity index (χ0) is 28.8. The summed E-state index contributed by atoms with van der Waals surface area (Å²) in [7, 11) is 0. The maximum absolute atomic E-state index is 14.4. The Morgan fingerprint density at radius 1 is 1.05 bits per heavy atom. The van der Waals surface area contributed by atoms with Crippen molar-refractivity contribution in [1.29, 1.82) is 5.26 Å². The van der Waals surface area contributed by atoms with E-state index in [2.05, 4.69) is 17.9 Å². The lowest BCUT2D eigenvalue weighted by Gasteiger charge is -2.39. The van der Waals surface area contributed by atoms with E-state index in [4.69, 9.17) is 12.2 Å². The number of unbranched alkanes of at least 4 members (excludes halogenated alkanes) is 4. The van der Waals surface area contributed by atoms with Crippen molar-refractivity contribution in [2.24, 2.45) is 0 Å². The van der Waals surface area contributed by atoms with Crippen molar-refractivity contribution >= 4 is 51.8 Å². The van der Waals surface area contributed by atoms with Gasteiger partial charge in [0.05, 0.1) is 10.6 Å². The number of benzene rings is 1. The third-order valence-corrected chi connectivity index (χ3v) is 8.95. The SMILES string of the molecule is CCCCCCCN1C(=O)/C(=C/c2c(C)c(C#N)c(=O)n(CC)c2N2CCN(c3ccccc3F)CC2)SC1=S. The zero-order valence-corrected chi connectivity index (χ0v) is 25.0. The lowest BCUT2D eigenvalue weighted by Crippen LogP contribution is -2.49. The Morgan fingerprint density at radius 2 is 1.73 bits per heavy atom. The minimum absolute atomic E-state index is 0.0771. The number of thiocarbonyl (C=S) groups is 1. The number of halogens is 1. The molecule has 0 N–H and O–H groups in total. The molecule has 0 spiro atoms. The number of anilines is 2. The molecule has 0 bridgehead atoms. The topological polar surface area (TPSA) is 72.6 Å². The normalized spacial score (nSPS) is 16.8. The molecule has 0 radical (unpaired) electrons. The Bertz CT molecular complexity index is 1410. The van der Waals surface area contributed by atoms with Gasteiger partial charge in [-0.15, -0.1) is 0 Å². The maximum Gasteiger partial charge on any atom is 0.270 e. The molecule has 10 heteroatoms. The first-order valence-corrected chi connectivity index (χ1v) is 15.2. The molecular weight excluding hydrogens is 545 g/mol. The summed E-state index contributed by atoms with van der Waals surface area (Å²) in [5.41, 5.74) is 1.53. The molecule has 1 amide bonds. The Balaban J connectivity index is 1.67. The summed E-state index contributed by atoms with van der Waals surface area (Å²) in [4.78, 5) is 33.0. The molecule has 2 fully saturated rings. The lowest BCUT2D eigenvalue weighted by atomic mass is 10.0. The quantitative estimate of drug-likeness (QED) is 0.203. The van der Waals surface area contributed by atoms with Crippen molar-refractivity contribution in [2.75, 3.05) is 42.5 Å². The number of thioether (sulfide) groups is 1. The smallest absolute Gasteiger partial charge is 0.270 e. The minimum Gasteiger partial charge on any atom is -0.366 e. The minimum atomic E-state index is -0.342. The second kappa shape index (κ2) is 13.5. The van der Waals surface area contributed by atoms with Crippen LogP contribution in [0.4, 0.5) is 15.9 Å². The Kier molecular flexibility index (Phi) is 10.0. The van der Waals surface area contributed by atoms with E-state index in [9.17, 15) is 19.2 Å². The molecule has 40 heavy (non-hydrogen) atoms. The molecule has 1 aromatic heterocycles. The van der Waals surface area contributed by atoms with Crippen molar-refractivity contribution in [3.63, 3.8) is 0 Å². The maximum atomic E-state index is 14.4. The summed E-state index contributed by atoms with van der Waals surface area (Å²) in [6, 6.07) is 8.81. The number of aromatic nitrogens is 1. The van der Waals surface area contributed by atoms with Gasteiger partial charge < -0.3 is 9.80 Å². The van der Waals surface area contributed by atoms with Crippen molar-refractivity contribution in [1.82, 2.24) is 9.47 Å². The number of nitrogens with zero attached hydrogens (tertiary/aromatic N) is 5. The van der Waals surface area contributed by atoms with Gasteiger partial charge in [0.15, 0.2) is 0 Å². The molecule has 2 saturated heterocycles. The van der Waals surface area contributed by atoms with Gasteiger partial charge in [0.2, 0.25) is 0 Å². The molecule has 3 heterocycles. The number of carbonyl (C=O) groups excluding carboxylic acids is 1. The van der Waals surface area contributed by atoms with E-state index in [1.54, 1.807) is 34.6 Å². The van der Waals surface area contributed by atoms with E-state index in [1.807, 2.05) is 17.9 Å². The molecule has 7 nitrogen and oxygen atoms in total. The van der Waals surface area contributed by atoms with Crippen molar-refractivity contribution < 1.29 is 9.18 Å². The first kappa shape index (κ1) is 29.8. The van der Waals surface area contributed by atoms with E-state index < -0.39 is 0 Å². The molecule has 1 aromatic carbocycles. The first-order valence-electron chi connectivity index (χ1n) is 14.0.